The Balaban J connectivity index is 2.07. The zero-order chi connectivity index (χ0) is 12.5. The molecule has 0 bridgehead atoms. The average Bonchev–Trinajstić information content (AvgIpc) is 2.81. The van der Waals surface area contributed by atoms with E-state index in [-0.39, 0.29) is 0 Å². The first-order chi connectivity index (χ1) is 8.76. The molecule has 1 N–H and O–H groups in total. The number of hydrogen-bond donors (Lipinski definition) is 1. The van der Waals surface area contributed by atoms with Crippen molar-refractivity contribution in [1.29, 1.82) is 0 Å². The number of rotatable bonds is 2. The molecule has 3 aromatic heterocycles. The lowest BCUT2D eigenvalue weighted by molar-refractivity contribution is 0.574. The van der Waals surface area contributed by atoms with Crippen LogP contribution < -0.4 is 5.32 Å². The molecule has 0 saturated heterocycles. The molecule has 5 nitrogen and oxygen atoms in total. The number of halogens is 1. The Kier molecular flexibility index (Phi) is 2.40. The van der Waals surface area contributed by atoms with Gasteiger partial charge in [-0.1, -0.05) is 0 Å². The van der Waals surface area contributed by atoms with Gasteiger partial charge in [0.1, 0.15) is 11.3 Å². The smallest absolute Gasteiger partial charge is 0.228 e. The van der Waals surface area contributed by atoms with Crippen LogP contribution in [0.1, 0.15) is 0 Å². The summed E-state index contributed by atoms with van der Waals surface area (Å²) in [5.41, 5.74) is 1.62. The van der Waals surface area contributed by atoms with Crippen molar-refractivity contribution in [3.63, 3.8) is 0 Å². The van der Waals surface area contributed by atoms with Crippen LogP contribution in [-0.2, 0) is 0 Å². The largest absolute Gasteiger partial charge is 0.436 e. The average molecular weight is 244 g/mol. The highest BCUT2D eigenvalue weighted by atomic mass is 19.1. The highest BCUT2D eigenvalue weighted by Gasteiger charge is 2.09. The number of oxazole rings is 1. The number of nitrogens with zero attached hydrogens (tertiary/aromatic N) is 3. The fourth-order valence-corrected chi connectivity index (χ4v) is 1.60. The molecule has 0 unspecified atom stereocenters. The minimum absolute atomic E-state index is 0.371. The predicted octanol–water partition coefficient (Wildman–Crippen LogP) is 2.47. The molecule has 0 spiro atoms. The summed E-state index contributed by atoms with van der Waals surface area (Å²) in [5.74, 6) is 0.559. The number of pyridine rings is 2. The van der Waals surface area contributed by atoms with E-state index in [4.69, 9.17) is 4.42 Å². The van der Waals surface area contributed by atoms with E-state index in [0.717, 1.165) is 11.4 Å². The third-order valence-corrected chi connectivity index (χ3v) is 2.51. The van der Waals surface area contributed by atoms with E-state index >= 15 is 0 Å². The molecular weight excluding hydrogens is 235 g/mol. The van der Waals surface area contributed by atoms with Crippen molar-refractivity contribution < 1.29 is 8.81 Å². The number of aromatic nitrogens is 3. The Morgan fingerprint density at radius 1 is 1.22 bits per heavy atom. The Morgan fingerprint density at radius 3 is 2.83 bits per heavy atom. The van der Waals surface area contributed by atoms with Crippen LogP contribution in [-0.4, -0.2) is 22.0 Å². The second-order valence-corrected chi connectivity index (χ2v) is 3.68. The van der Waals surface area contributed by atoms with E-state index in [2.05, 4.69) is 20.3 Å². The summed E-state index contributed by atoms with van der Waals surface area (Å²) < 4.78 is 18.4. The predicted molar refractivity (Wildman–Crippen MR) is 64.5 cm³/mol. The van der Waals surface area contributed by atoms with Crippen molar-refractivity contribution in [3.8, 4) is 11.5 Å². The van der Waals surface area contributed by atoms with E-state index < -0.39 is 5.95 Å². The number of hydrogen-bond acceptors (Lipinski definition) is 5. The van der Waals surface area contributed by atoms with E-state index in [9.17, 15) is 4.39 Å². The van der Waals surface area contributed by atoms with Crippen molar-refractivity contribution in [2.75, 3.05) is 12.4 Å². The first-order valence-electron chi connectivity index (χ1n) is 5.32. The Hall–Kier alpha value is -2.50. The molecule has 0 saturated carbocycles. The Morgan fingerprint density at radius 2 is 2.11 bits per heavy atom. The standard InChI is InChI=1S/C12H9FN4O/c1-14-11-3-2-7(5-16-11)12-17-8-6-15-10(13)4-9(8)18-12/h2-6H,1H3,(H,14,16). The van der Waals surface area contributed by atoms with Crippen LogP contribution in [0.2, 0.25) is 0 Å². The van der Waals surface area contributed by atoms with Gasteiger partial charge in [0.2, 0.25) is 11.8 Å². The zero-order valence-corrected chi connectivity index (χ0v) is 9.51. The second kappa shape index (κ2) is 4.06. The lowest BCUT2D eigenvalue weighted by atomic mass is 10.3. The van der Waals surface area contributed by atoms with Crippen LogP contribution in [0.15, 0.2) is 35.0 Å². The van der Waals surface area contributed by atoms with E-state index in [1.54, 1.807) is 13.2 Å². The minimum Gasteiger partial charge on any atom is -0.436 e. The van der Waals surface area contributed by atoms with Gasteiger partial charge in [0.25, 0.3) is 0 Å². The quantitative estimate of drug-likeness (QED) is 0.701. The van der Waals surface area contributed by atoms with Crippen LogP contribution >= 0.6 is 0 Å². The molecular formula is C12H9FN4O. The first-order valence-corrected chi connectivity index (χ1v) is 5.32. The van der Waals surface area contributed by atoms with Crippen molar-refractivity contribution in [2.45, 2.75) is 0 Å². The minimum atomic E-state index is -0.589. The Labute approximate surface area is 102 Å². The van der Waals surface area contributed by atoms with Gasteiger partial charge >= 0.3 is 0 Å². The number of anilines is 1. The fraction of sp³-hybridized carbons (Fsp3) is 0.0833. The van der Waals surface area contributed by atoms with Gasteiger partial charge in [-0.05, 0) is 12.1 Å². The molecule has 0 aliphatic rings. The summed E-state index contributed by atoms with van der Waals surface area (Å²) >= 11 is 0. The van der Waals surface area contributed by atoms with E-state index in [1.165, 1.54) is 12.3 Å². The van der Waals surface area contributed by atoms with Crippen LogP contribution in [0.3, 0.4) is 0 Å². The van der Waals surface area contributed by atoms with Crippen molar-refractivity contribution in [1.82, 2.24) is 15.0 Å². The monoisotopic (exact) mass is 244 g/mol. The van der Waals surface area contributed by atoms with Crippen LogP contribution in [0.4, 0.5) is 10.2 Å². The molecule has 3 rings (SSSR count). The summed E-state index contributed by atoms with van der Waals surface area (Å²) in [6.45, 7) is 0. The summed E-state index contributed by atoms with van der Waals surface area (Å²) in [6.07, 6.45) is 2.98. The topological polar surface area (TPSA) is 63.8 Å². The molecule has 0 radical (unpaired) electrons. The van der Waals surface area contributed by atoms with Gasteiger partial charge in [-0.25, -0.2) is 15.0 Å². The molecule has 0 aliphatic heterocycles. The van der Waals surface area contributed by atoms with Gasteiger partial charge < -0.3 is 9.73 Å². The molecule has 6 heteroatoms. The van der Waals surface area contributed by atoms with Crippen LogP contribution in [0.25, 0.3) is 22.6 Å². The number of fused-ring (bicyclic) bond motifs is 1. The summed E-state index contributed by atoms with van der Waals surface area (Å²) in [5, 5.41) is 2.92. The summed E-state index contributed by atoms with van der Waals surface area (Å²) in [4.78, 5) is 11.9. The maximum atomic E-state index is 12.9. The lowest BCUT2D eigenvalue weighted by Crippen LogP contribution is -1.91. The molecule has 90 valence electrons. The maximum Gasteiger partial charge on any atom is 0.228 e. The third kappa shape index (κ3) is 1.77. The van der Waals surface area contributed by atoms with Crippen molar-refractivity contribution in [3.05, 3.63) is 36.5 Å². The molecule has 3 aromatic rings. The highest BCUT2D eigenvalue weighted by molar-refractivity contribution is 5.74. The fourth-order valence-electron chi connectivity index (χ4n) is 1.60. The second-order valence-electron chi connectivity index (χ2n) is 3.68. The zero-order valence-electron chi connectivity index (χ0n) is 9.51. The molecule has 0 aliphatic carbocycles. The van der Waals surface area contributed by atoms with Crippen molar-refractivity contribution >= 4 is 16.9 Å². The number of nitrogens with one attached hydrogen (secondary N) is 1. The van der Waals surface area contributed by atoms with E-state index in [1.807, 2.05) is 12.1 Å². The van der Waals surface area contributed by atoms with Gasteiger partial charge in [0.05, 0.1) is 11.8 Å². The summed E-state index contributed by atoms with van der Waals surface area (Å²) in [6, 6.07) is 4.84. The molecule has 0 amide bonds. The summed E-state index contributed by atoms with van der Waals surface area (Å²) in [7, 11) is 1.79. The first kappa shape index (κ1) is 10.6. The maximum absolute atomic E-state index is 12.9. The lowest BCUT2D eigenvalue weighted by Gasteiger charge is -1.98. The SMILES string of the molecule is CNc1ccc(-c2nc3cnc(F)cc3o2)cn1. The van der Waals surface area contributed by atoms with Gasteiger partial charge in [0, 0.05) is 19.3 Å². The normalized spacial score (nSPS) is 10.8. The molecule has 0 fully saturated rings. The van der Waals surface area contributed by atoms with Gasteiger partial charge in [-0.15, -0.1) is 0 Å². The van der Waals surface area contributed by atoms with Crippen molar-refractivity contribution in [2.24, 2.45) is 0 Å². The van der Waals surface area contributed by atoms with E-state index in [0.29, 0.717) is 17.0 Å². The van der Waals surface area contributed by atoms with Gasteiger partial charge in [-0.2, -0.15) is 4.39 Å². The Bertz CT molecular complexity index is 693. The highest BCUT2D eigenvalue weighted by Crippen LogP contribution is 2.23. The van der Waals surface area contributed by atoms with Gasteiger partial charge in [-0.3, -0.25) is 0 Å². The molecule has 0 aromatic carbocycles. The molecule has 0 atom stereocenters. The van der Waals surface area contributed by atoms with Crippen LogP contribution in [0, 0.1) is 5.95 Å². The third-order valence-electron chi connectivity index (χ3n) is 2.51. The molecule has 3 heterocycles. The molecule has 18 heavy (non-hydrogen) atoms. The van der Waals surface area contributed by atoms with Crippen LogP contribution in [0.5, 0.6) is 0 Å². The van der Waals surface area contributed by atoms with Gasteiger partial charge in [0.15, 0.2) is 5.58 Å².